The van der Waals surface area contributed by atoms with Crippen LogP contribution in [-0.4, -0.2) is 44.3 Å². The number of nitrogens with two attached hydrogens (primary N) is 1. The van der Waals surface area contributed by atoms with E-state index in [1.165, 1.54) is 0 Å². The van der Waals surface area contributed by atoms with Gasteiger partial charge < -0.3 is 10.5 Å². The van der Waals surface area contributed by atoms with Crippen LogP contribution < -0.4 is 5.73 Å². The Morgan fingerprint density at radius 1 is 1.33 bits per heavy atom. The minimum atomic E-state index is 0.208. The first kappa shape index (κ1) is 14.4. The molecule has 0 heterocycles. The molecule has 0 aliphatic rings. The summed E-state index contributed by atoms with van der Waals surface area (Å²) in [5, 5.41) is 0. The van der Waals surface area contributed by atoms with Crippen molar-refractivity contribution in [2.24, 2.45) is 5.73 Å². The lowest BCUT2D eigenvalue weighted by Crippen LogP contribution is -2.37. The molecule has 0 rings (SSSR count). The molecule has 15 heavy (non-hydrogen) atoms. The standard InChI is InChI=1S/C12H24N2O/c1-4-8-14(9-5-2)11-12(13)7-6-10-15-3/h4-5,12H,1-2,6-11,13H2,3H3. The van der Waals surface area contributed by atoms with Crippen molar-refractivity contribution >= 4 is 0 Å². The fraction of sp³-hybridized carbons (Fsp3) is 0.667. The highest BCUT2D eigenvalue weighted by atomic mass is 16.5. The topological polar surface area (TPSA) is 38.5 Å². The van der Waals surface area contributed by atoms with Gasteiger partial charge in [-0.15, -0.1) is 13.2 Å². The van der Waals surface area contributed by atoms with Crippen molar-refractivity contribution in [3.63, 3.8) is 0 Å². The molecule has 88 valence electrons. The van der Waals surface area contributed by atoms with Crippen molar-refractivity contribution < 1.29 is 4.74 Å². The summed E-state index contributed by atoms with van der Waals surface area (Å²) in [4.78, 5) is 2.23. The first-order valence-electron chi connectivity index (χ1n) is 5.43. The van der Waals surface area contributed by atoms with E-state index in [-0.39, 0.29) is 6.04 Å². The number of rotatable bonds is 10. The van der Waals surface area contributed by atoms with Crippen LogP contribution in [-0.2, 0) is 4.74 Å². The molecule has 0 aliphatic carbocycles. The normalized spacial score (nSPS) is 12.7. The van der Waals surface area contributed by atoms with Gasteiger partial charge in [-0.05, 0) is 12.8 Å². The molecule has 1 unspecified atom stereocenters. The van der Waals surface area contributed by atoms with E-state index in [0.717, 1.165) is 39.1 Å². The van der Waals surface area contributed by atoms with Gasteiger partial charge in [0.2, 0.25) is 0 Å². The molecule has 0 saturated carbocycles. The Balaban J connectivity index is 3.71. The van der Waals surface area contributed by atoms with Crippen LogP contribution in [0.3, 0.4) is 0 Å². The maximum Gasteiger partial charge on any atom is 0.0462 e. The van der Waals surface area contributed by atoms with Gasteiger partial charge in [-0.1, -0.05) is 12.2 Å². The molecular weight excluding hydrogens is 188 g/mol. The lowest BCUT2D eigenvalue weighted by molar-refractivity contribution is 0.187. The highest BCUT2D eigenvalue weighted by Crippen LogP contribution is 1.99. The van der Waals surface area contributed by atoms with Crippen molar-refractivity contribution in [3.8, 4) is 0 Å². The van der Waals surface area contributed by atoms with Crippen LogP contribution in [0.25, 0.3) is 0 Å². The molecule has 1 atom stereocenters. The van der Waals surface area contributed by atoms with E-state index in [0.29, 0.717) is 0 Å². The van der Waals surface area contributed by atoms with E-state index in [9.17, 15) is 0 Å². The summed E-state index contributed by atoms with van der Waals surface area (Å²) in [7, 11) is 1.72. The van der Waals surface area contributed by atoms with Crippen LogP contribution in [0.15, 0.2) is 25.3 Å². The second-order valence-electron chi connectivity index (χ2n) is 3.69. The number of hydrogen-bond acceptors (Lipinski definition) is 3. The lowest BCUT2D eigenvalue weighted by atomic mass is 10.1. The largest absolute Gasteiger partial charge is 0.385 e. The third-order valence-electron chi connectivity index (χ3n) is 2.19. The van der Waals surface area contributed by atoms with Crippen LogP contribution in [0, 0.1) is 0 Å². The molecular formula is C12H24N2O. The number of methoxy groups -OCH3 is 1. The quantitative estimate of drug-likeness (QED) is 0.439. The number of nitrogens with zero attached hydrogens (tertiary/aromatic N) is 1. The Morgan fingerprint density at radius 2 is 1.93 bits per heavy atom. The van der Waals surface area contributed by atoms with Gasteiger partial charge in [0.1, 0.15) is 0 Å². The van der Waals surface area contributed by atoms with Crippen molar-refractivity contribution in [1.29, 1.82) is 0 Å². The Labute approximate surface area is 93.6 Å². The Bertz CT molecular complexity index is 161. The average molecular weight is 212 g/mol. The second kappa shape index (κ2) is 9.90. The van der Waals surface area contributed by atoms with Gasteiger partial charge in [0, 0.05) is 39.4 Å². The minimum Gasteiger partial charge on any atom is -0.385 e. The van der Waals surface area contributed by atoms with Gasteiger partial charge in [-0.3, -0.25) is 4.90 Å². The maximum absolute atomic E-state index is 6.01. The number of ether oxygens (including phenoxy) is 1. The fourth-order valence-electron chi connectivity index (χ4n) is 1.50. The summed E-state index contributed by atoms with van der Waals surface area (Å²) < 4.78 is 4.99. The van der Waals surface area contributed by atoms with Crippen molar-refractivity contribution in [1.82, 2.24) is 4.90 Å². The van der Waals surface area contributed by atoms with Crippen molar-refractivity contribution in [2.75, 3.05) is 33.4 Å². The molecule has 0 fully saturated rings. The van der Waals surface area contributed by atoms with Gasteiger partial charge in [0.15, 0.2) is 0 Å². The van der Waals surface area contributed by atoms with Gasteiger partial charge in [0.25, 0.3) is 0 Å². The van der Waals surface area contributed by atoms with E-state index in [2.05, 4.69) is 18.1 Å². The zero-order valence-corrected chi connectivity index (χ0v) is 9.82. The van der Waals surface area contributed by atoms with E-state index in [1.807, 2.05) is 12.2 Å². The van der Waals surface area contributed by atoms with E-state index in [4.69, 9.17) is 10.5 Å². The monoisotopic (exact) mass is 212 g/mol. The summed E-state index contributed by atoms with van der Waals surface area (Å²) in [6, 6.07) is 0.208. The van der Waals surface area contributed by atoms with E-state index >= 15 is 0 Å². The Morgan fingerprint density at radius 3 is 2.40 bits per heavy atom. The van der Waals surface area contributed by atoms with Gasteiger partial charge in [-0.2, -0.15) is 0 Å². The second-order valence-corrected chi connectivity index (χ2v) is 3.69. The summed E-state index contributed by atoms with van der Waals surface area (Å²) >= 11 is 0. The number of hydrogen-bond donors (Lipinski definition) is 1. The van der Waals surface area contributed by atoms with E-state index < -0.39 is 0 Å². The average Bonchev–Trinajstić information content (AvgIpc) is 2.19. The zero-order valence-electron chi connectivity index (χ0n) is 9.82. The Kier molecular flexibility index (Phi) is 9.48. The van der Waals surface area contributed by atoms with Crippen LogP contribution in [0.2, 0.25) is 0 Å². The van der Waals surface area contributed by atoms with Crippen LogP contribution in [0.5, 0.6) is 0 Å². The van der Waals surface area contributed by atoms with Crippen LogP contribution in [0.1, 0.15) is 12.8 Å². The minimum absolute atomic E-state index is 0.208. The molecule has 0 aromatic carbocycles. The molecule has 3 nitrogen and oxygen atoms in total. The smallest absolute Gasteiger partial charge is 0.0462 e. The molecule has 0 spiro atoms. The van der Waals surface area contributed by atoms with Crippen molar-refractivity contribution in [3.05, 3.63) is 25.3 Å². The Hall–Kier alpha value is -0.640. The third kappa shape index (κ3) is 8.36. The predicted octanol–water partition coefficient (Wildman–Crippen LogP) is 1.41. The molecule has 0 aromatic heterocycles. The summed E-state index contributed by atoms with van der Waals surface area (Å²) in [5.74, 6) is 0. The highest BCUT2D eigenvalue weighted by molar-refractivity contribution is 4.82. The summed E-state index contributed by atoms with van der Waals surface area (Å²) in [5.41, 5.74) is 6.01. The predicted molar refractivity (Wildman–Crippen MR) is 65.9 cm³/mol. The fourth-order valence-corrected chi connectivity index (χ4v) is 1.50. The molecule has 0 radical (unpaired) electrons. The maximum atomic E-state index is 6.01. The van der Waals surface area contributed by atoms with E-state index in [1.54, 1.807) is 7.11 Å². The highest BCUT2D eigenvalue weighted by Gasteiger charge is 2.07. The van der Waals surface area contributed by atoms with Crippen molar-refractivity contribution in [2.45, 2.75) is 18.9 Å². The summed E-state index contributed by atoms with van der Waals surface area (Å²) in [6.45, 7) is 10.9. The molecule has 0 saturated heterocycles. The lowest BCUT2D eigenvalue weighted by Gasteiger charge is -2.22. The summed E-state index contributed by atoms with van der Waals surface area (Å²) in [6.07, 6.45) is 5.81. The molecule has 0 amide bonds. The van der Waals surface area contributed by atoms with Crippen LogP contribution >= 0.6 is 0 Å². The van der Waals surface area contributed by atoms with Crippen LogP contribution in [0.4, 0.5) is 0 Å². The van der Waals surface area contributed by atoms with Gasteiger partial charge in [0.05, 0.1) is 0 Å². The first-order chi connectivity index (χ1) is 7.24. The molecule has 0 aromatic rings. The van der Waals surface area contributed by atoms with Gasteiger partial charge in [-0.25, -0.2) is 0 Å². The zero-order chi connectivity index (χ0) is 11.5. The SMILES string of the molecule is C=CCN(CC=C)CC(N)CCCOC. The van der Waals surface area contributed by atoms with Gasteiger partial charge >= 0.3 is 0 Å². The molecule has 0 bridgehead atoms. The first-order valence-corrected chi connectivity index (χ1v) is 5.43. The molecule has 0 aliphatic heterocycles. The molecule has 2 N–H and O–H groups in total. The molecule has 3 heteroatoms. The third-order valence-corrected chi connectivity index (χ3v) is 2.19.